The van der Waals surface area contributed by atoms with Crippen LogP contribution in [-0.2, 0) is 19.1 Å². The van der Waals surface area contributed by atoms with E-state index in [1.807, 2.05) is 0 Å². The van der Waals surface area contributed by atoms with Crippen LogP contribution in [0.4, 0.5) is 5.69 Å². The van der Waals surface area contributed by atoms with Gasteiger partial charge in [-0.1, -0.05) is 12.1 Å². The van der Waals surface area contributed by atoms with E-state index < -0.39 is 28.7 Å². The van der Waals surface area contributed by atoms with Gasteiger partial charge in [-0.25, -0.2) is 4.79 Å². The molecule has 2 atom stereocenters. The molecule has 1 aliphatic heterocycles. The summed E-state index contributed by atoms with van der Waals surface area (Å²) in [6, 6.07) is 5.73. The van der Waals surface area contributed by atoms with E-state index in [1.165, 1.54) is 44.8 Å². The summed E-state index contributed by atoms with van der Waals surface area (Å²) < 4.78 is 9.45. The zero-order valence-corrected chi connectivity index (χ0v) is 12.5. The summed E-state index contributed by atoms with van der Waals surface area (Å²) in [5, 5.41) is 11.0. The molecule has 0 amide bonds. The highest BCUT2D eigenvalue weighted by Gasteiger charge is 2.37. The lowest BCUT2D eigenvalue weighted by Crippen LogP contribution is -2.31. The Morgan fingerprint density at radius 2 is 2.00 bits per heavy atom. The second kappa shape index (κ2) is 6.82. The largest absolute Gasteiger partial charge is 0.468 e. The molecule has 0 aromatic heterocycles. The predicted molar refractivity (Wildman–Crippen MR) is 79.9 cm³/mol. The van der Waals surface area contributed by atoms with Gasteiger partial charge in [0.05, 0.1) is 24.7 Å². The van der Waals surface area contributed by atoms with Gasteiger partial charge in [0.15, 0.2) is 0 Å². The normalized spacial score (nSPS) is 19.7. The molecular formula is C15H14N2O6. The van der Waals surface area contributed by atoms with Crippen molar-refractivity contribution < 1.29 is 24.0 Å². The molecule has 120 valence electrons. The summed E-state index contributed by atoms with van der Waals surface area (Å²) in [4.78, 5) is 38.3. The number of hydrogen-bond acceptors (Lipinski definition) is 7. The molecule has 1 aliphatic rings. The van der Waals surface area contributed by atoms with E-state index in [1.54, 1.807) is 6.07 Å². The molecule has 0 saturated carbocycles. The van der Waals surface area contributed by atoms with E-state index in [2.05, 4.69) is 4.99 Å². The van der Waals surface area contributed by atoms with E-state index in [-0.39, 0.29) is 11.3 Å². The van der Waals surface area contributed by atoms with Gasteiger partial charge in [0.1, 0.15) is 5.92 Å². The summed E-state index contributed by atoms with van der Waals surface area (Å²) in [5.74, 6) is -2.90. The quantitative estimate of drug-likeness (QED) is 0.474. The van der Waals surface area contributed by atoms with Crippen molar-refractivity contribution >= 4 is 23.8 Å². The van der Waals surface area contributed by atoms with Gasteiger partial charge < -0.3 is 9.47 Å². The fraction of sp³-hybridized carbons (Fsp3) is 0.267. The minimum absolute atomic E-state index is 0.130. The van der Waals surface area contributed by atoms with Crippen molar-refractivity contribution in [3.05, 3.63) is 51.7 Å². The molecule has 0 aliphatic carbocycles. The summed E-state index contributed by atoms with van der Waals surface area (Å²) in [7, 11) is 2.43. The van der Waals surface area contributed by atoms with Gasteiger partial charge in [-0.05, 0) is 5.56 Å². The lowest BCUT2D eigenvalue weighted by Gasteiger charge is -2.26. The molecule has 1 unspecified atom stereocenters. The molecule has 0 saturated heterocycles. The second-order valence-electron chi connectivity index (χ2n) is 4.75. The number of esters is 2. The van der Waals surface area contributed by atoms with E-state index in [9.17, 15) is 19.7 Å². The molecule has 8 heteroatoms. The molecule has 0 N–H and O–H groups in total. The third kappa shape index (κ3) is 3.25. The third-order valence-electron chi connectivity index (χ3n) is 3.49. The highest BCUT2D eigenvalue weighted by molar-refractivity contribution is 5.99. The van der Waals surface area contributed by atoms with Crippen molar-refractivity contribution in [2.45, 2.75) is 5.92 Å². The Bertz CT molecular complexity index is 710. The number of hydrogen-bond donors (Lipinski definition) is 0. The first-order valence-corrected chi connectivity index (χ1v) is 6.63. The Morgan fingerprint density at radius 1 is 1.26 bits per heavy atom. The third-order valence-corrected chi connectivity index (χ3v) is 3.49. The smallest absolute Gasteiger partial charge is 0.335 e. The summed E-state index contributed by atoms with van der Waals surface area (Å²) >= 11 is 0. The molecule has 2 rings (SSSR count). The molecule has 8 nitrogen and oxygen atoms in total. The van der Waals surface area contributed by atoms with Crippen LogP contribution in [0.15, 0.2) is 41.0 Å². The van der Waals surface area contributed by atoms with E-state index in [0.29, 0.717) is 5.56 Å². The van der Waals surface area contributed by atoms with E-state index in [4.69, 9.17) is 9.47 Å². The van der Waals surface area contributed by atoms with Crippen molar-refractivity contribution in [1.82, 2.24) is 0 Å². The molecule has 0 bridgehead atoms. The van der Waals surface area contributed by atoms with Crippen LogP contribution in [0.1, 0.15) is 11.5 Å². The van der Waals surface area contributed by atoms with Gasteiger partial charge in [-0.15, -0.1) is 0 Å². The minimum atomic E-state index is -0.874. The molecule has 0 radical (unpaired) electrons. The van der Waals surface area contributed by atoms with E-state index >= 15 is 0 Å². The summed E-state index contributed by atoms with van der Waals surface area (Å²) in [6.07, 6.45) is 2.64. The maximum atomic E-state index is 12.0. The molecule has 1 aromatic rings. The number of nitro benzene ring substituents is 1. The van der Waals surface area contributed by atoms with Crippen LogP contribution in [-0.4, -0.2) is 37.3 Å². The predicted octanol–water partition coefficient (Wildman–Crippen LogP) is 1.61. The average molecular weight is 318 g/mol. The van der Waals surface area contributed by atoms with Crippen molar-refractivity contribution in [3.63, 3.8) is 0 Å². The average Bonchev–Trinajstić information content (AvgIpc) is 2.59. The Morgan fingerprint density at radius 3 is 2.61 bits per heavy atom. The van der Waals surface area contributed by atoms with Crippen LogP contribution in [0.3, 0.4) is 0 Å². The van der Waals surface area contributed by atoms with Crippen molar-refractivity contribution in [2.24, 2.45) is 10.9 Å². The fourth-order valence-electron chi connectivity index (χ4n) is 2.43. The van der Waals surface area contributed by atoms with Crippen LogP contribution in [0.25, 0.3) is 0 Å². The van der Waals surface area contributed by atoms with Crippen LogP contribution in [0.2, 0.25) is 0 Å². The van der Waals surface area contributed by atoms with Gasteiger partial charge in [-0.3, -0.25) is 19.9 Å². The number of aliphatic imine (C=N–C) groups is 1. The van der Waals surface area contributed by atoms with Gasteiger partial charge in [0.2, 0.25) is 0 Å². The number of non-ortho nitro benzene ring substituents is 1. The maximum Gasteiger partial charge on any atom is 0.335 e. The van der Waals surface area contributed by atoms with Crippen molar-refractivity contribution in [2.75, 3.05) is 14.2 Å². The van der Waals surface area contributed by atoms with Crippen LogP contribution in [0, 0.1) is 16.0 Å². The molecule has 0 spiro atoms. The Hall–Kier alpha value is -3.03. The molecular weight excluding hydrogens is 304 g/mol. The lowest BCUT2D eigenvalue weighted by molar-refractivity contribution is -0.384. The number of methoxy groups -OCH3 is 2. The van der Waals surface area contributed by atoms with Crippen molar-refractivity contribution in [1.29, 1.82) is 0 Å². The summed E-state index contributed by atoms with van der Waals surface area (Å²) in [5.41, 5.74) is 0.418. The van der Waals surface area contributed by atoms with Crippen molar-refractivity contribution in [3.8, 4) is 0 Å². The topological polar surface area (TPSA) is 108 Å². The highest BCUT2D eigenvalue weighted by atomic mass is 16.6. The van der Waals surface area contributed by atoms with Gasteiger partial charge in [0.25, 0.3) is 5.69 Å². The number of rotatable bonds is 4. The highest BCUT2D eigenvalue weighted by Crippen LogP contribution is 2.36. The molecule has 1 heterocycles. The molecule has 1 aromatic carbocycles. The van der Waals surface area contributed by atoms with E-state index in [0.717, 1.165) is 0 Å². The van der Waals surface area contributed by atoms with Gasteiger partial charge >= 0.3 is 11.9 Å². The zero-order chi connectivity index (χ0) is 17.0. The summed E-state index contributed by atoms with van der Waals surface area (Å²) in [6.45, 7) is 0. The number of carbonyl (C=O) groups is 2. The van der Waals surface area contributed by atoms with Crippen LogP contribution in [0.5, 0.6) is 0 Å². The van der Waals surface area contributed by atoms with Gasteiger partial charge in [0, 0.05) is 30.5 Å². The first-order valence-electron chi connectivity index (χ1n) is 6.63. The molecule has 23 heavy (non-hydrogen) atoms. The first-order chi connectivity index (χ1) is 11.0. The zero-order valence-electron chi connectivity index (χ0n) is 12.5. The second-order valence-corrected chi connectivity index (χ2v) is 4.75. The molecule has 0 fully saturated rings. The number of nitro groups is 1. The maximum absolute atomic E-state index is 12.0. The Labute approximate surface area is 131 Å². The first kappa shape index (κ1) is 16.3. The lowest BCUT2D eigenvalue weighted by atomic mass is 9.79. The SMILES string of the molecule is COC(=O)C1=CN=CC(C(=O)OC)[C@@H]1c1cccc([N+](=O)[O-])c1. The monoisotopic (exact) mass is 318 g/mol. The Balaban J connectivity index is 2.54. The number of benzene rings is 1. The standard InChI is InChI=1S/C15H14N2O6/c1-22-14(18)11-7-16-8-12(15(19)23-2)13(11)9-4-3-5-10(6-9)17(20)21/h3-8,11,13H,1-2H3/t11?,13-/m0/s1. The van der Waals surface area contributed by atoms with Crippen LogP contribution >= 0.6 is 0 Å². The fourth-order valence-corrected chi connectivity index (χ4v) is 2.43. The van der Waals surface area contributed by atoms with Crippen LogP contribution < -0.4 is 0 Å². The number of nitrogens with zero attached hydrogens (tertiary/aromatic N) is 2. The van der Waals surface area contributed by atoms with Gasteiger partial charge in [-0.2, -0.15) is 0 Å². The number of ether oxygens (including phenoxy) is 2. The minimum Gasteiger partial charge on any atom is -0.468 e. The number of carbonyl (C=O) groups excluding carboxylic acids is 2. The Kier molecular flexibility index (Phi) is 4.85.